The molecule has 0 aliphatic carbocycles. The molecule has 0 aliphatic rings. The van der Waals surface area contributed by atoms with E-state index in [0.717, 1.165) is 5.56 Å². The first kappa shape index (κ1) is 13.4. The molecule has 2 aromatic heterocycles. The molecule has 5 heteroatoms. The summed E-state index contributed by atoms with van der Waals surface area (Å²) < 4.78 is 5.65. The van der Waals surface area contributed by atoms with Gasteiger partial charge in [0.25, 0.3) is 5.56 Å². The van der Waals surface area contributed by atoms with Gasteiger partial charge in [-0.25, -0.2) is 4.98 Å². The molecule has 3 rings (SSSR count). The normalized spacial score (nSPS) is 11.2. The van der Waals surface area contributed by atoms with Gasteiger partial charge in [0.15, 0.2) is 0 Å². The molecule has 5 nitrogen and oxygen atoms in total. The number of hydrogen-bond acceptors (Lipinski definition) is 4. The number of fused-ring (bicyclic) bond motifs is 1. The zero-order valence-corrected chi connectivity index (χ0v) is 12.2. The number of benzene rings is 1. The molecule has 2 N–H and O–H groups in total. The Balaban J connectivity index is 2.09. The van der Waals surface area contributed by atoms with Gasteiger partial charge < -0.3 is 9.73 Å². The molecule has 0 unspecified atom stereocenters. The lowest BCUT2D eigenvalue weighted by atomic mass is 10.1. The zero-order valence-electron chi connectivity index (χ0n) is 12.2. The summed E-state index contributed by atoms with van der Waals surface area (Å²) in [7, 11) is 0. The second-order valence-corrected chi connectivity index (χ2v) is 5.40. The second kappa shape index (κ2) is 5.09. The summed E-state index contributed by atoms with van der Waals surface area (Å²) in [6.45, 7) is 5.99. The molecule has 0 radical (unpaired) electrons. The summed E-state index contributed by atoms with van der Waals surface area (Å²) in [5.74, 6) is 1.10. The maximum Gasteiger partial charge on any atom is 0.295 e. The molecule has 0 aliphatic heterocycles. The van der Waals surface area contributed by atoms with E-state index < -0.39 is 0 Å². The third-order valence-electron chi connectivity index (χ3n) is 3.14. The Morgan fingerprint density at radius 3 is 2.62 bits per heavy atom. The summed E-state index contributed by atoms with van der Waals surface area (Å²) >= 11 is 0. The fraction of sp³-hybridized carbons (Fsp3) is 0.250. The van der Waals surface area contributed by atoms with Gasteiger partial charge >= 0.3 is 0 Å². The number of aromatic amines is 1. The molecule has 0 atom stereocenters. The van der Waals surface area contributed by atoms with Crippen molar-refractivity contribution in [2.24, 2.45) is 0 Å². The Kier molecular flexibility index (Phi) is 3.25. The molecule has 1 aromatic carbocycles. The monoisotopic (exact) mass is 283 g/mol. The molecule has 2 heterocycles. The molecular weight excluding hydrogens is 266 g/mol. The van der Waals surface area contributed by atoms with E-state index in [1.807, 2.05) is 45.0 Å². The third kappa shape index (κ3) is 2.67. The van der Waals surface area contributed by atoms with Gasteiger partial charge in [-0.3, -0.25) is 9.78 Å². The Morgan fingerprint density at radius 2 is 1.95 bits per heavy atom. The van der Waals surface area contributed by atoms with Crippen LogP contribution in [0.3, 0.4) is 0 Å². The van der Waals surface area contributed by atoms with Gasteiger partial charge in [0.1, 0.15) is 11.3 Å². The van der Waals surface area contributed by atoms with E-state index in [9.17, 15) is 4.79 Å². The van der Waals surface area contributed by atoms with Gasteiger partial charge in [-0.05, 0) is 20.8 Å². The van der Waals surface area contributed by atoms with Crippen LogP contribution in [-0.2, 0) is 0 Å². The average molecular weight is 283 g/mol. The first-order valence-corrected chi connectivity index (χ1v) is 6.90. The van der Waals surface area contributed by atoms with Crippen molar-refractivity contribution in [1.29, 1.82) is 0 Å². The molecule has 0 saturated carbocycles. The first-order valence-electron chi connectivity index (χ1n) is 6.90. The van der Waals surface area contributed by atoms with Crippen LogP contribution in [0.5, 0.6) is 0 Å². The topological polar surface area (TPSA) is 70.9 Å². The van der Waals surface area contributed by atoms with Crippen molar-refractivity contribution in [1.82, 2.24) is 9.97 Å². The van der Waals surface area contributed by atoms with Gasteiger partial charge in [-0.15, -0.1) is 0 Å². The third-order valence-corrected chi connectivity index (χ3v) is 3.14. The molecule has 3 aromatic rings. The van der Waals surface area contributed by atoms with Crippen molar-refractivity contribution in [3.63, 3.8) is 0 Å². The summed E-state index contributed by atoms with van der Waals surface area (Å²) in [4.78, 5) is 19.1. The molecule has 0 amide bonds. The molecule has 0 spiro atoms. The highest BCUT2D eigenvalue weighted by molar-refractivity contribution is 5.79. The number of aryl methyl sites for hydroxylation is 1. The molecule has 0 saturated heterocycles. The van der Waals surface area contributed by atoms with Crippen LogP contribution < -0.4 is 10.9 Å². The van der Waals surface area contributed by atoms with Gasteiger partial charge in [-0.1, -0.05) is 29.8 Å². The lowest BCUT2D eigenvalue weighted by Crippen LogP contribution is -2.17. The highest BCUT2D eigenvalue weighted by atomic mass is 16.3. The van der Waals surface area contributed by atoms with Crippen molar-refractivity contribution in [3.05, 3.63) is 46.2 Å². The standard InChI is InChI=1S/C16H17N3O2/c1-9(2)17-16-18-12-8-13(21-14(12)15(20)19-16)11-6-4-10(3)5-7-11/h4-9H,1-3H3,(H2,17,18,19,20). The molecular formula is C16H17N3O2. The van der Waals surface area contributed by atoms with Crippen molar-refractivity contribution in [3.8, 4) is 11.3 Å². The fourth-order valence-electron chi connectivity index (χ4n) is 2.14. The Labute approximate surface area is 122 Å². The number of furan rings is 1. The van der Waals surface area contributed by atoms with E-state index in [2.05, 4.69) is 15.3 Å². The fourth-order valence-corrected chi connectivity index (χ4v) is 2.14. The lowest BCUT2D eigenvalue weighted by molar-refractivity contribution is 0.625. The number of H-pyrrole nitrogens is 1. The number of rotatable bonds is 3. The number of nitrogens with zero attached hydrogens (tertiary/aromatic N) is 1. The predicted octanol–water partition coefficient (Wildman–Crippen LogP) is 3.31. The minimum absolute atomic E-state index is 0.189. The lowest BCUT2D eigenvalue weighted by Gasteiger charge is -2.07. The summed E-state index contributed by atoms with van der Waals surface area (Å²) in [6, 6.07) is 9.93. The molecule has 0 bridgehead atoms. The van der Waals surface area contributed by atoms with Crippen molar-refractivity contribution < 1.29 is 4.42 Å². The van der Waals surface area contributed by atoms with Crippen LogP contribution in [0, 0.1) is 6.92 Å². The van der Waals surface area contributed by atoms with Crippen LogP contribution >= 0.6 is 0 Å². The van der Waals surface area contributed by atoms with Crippen molar-refractivity contribution in [2.45, 2.75) is 26.8 Å². The zero-order chi connectivity index (χ0) is 15.0. The van der Waals surface area contributed by atoms with Crippen LogP contribution in [0.1, 0.15) is 19.4 Å². The van der Waals surface area contributed by atoms with E-state index in [-0.39, 0.29) is 17.2 Å². The largest absolute Gasteiger partial charge is 0.449 e. The smallest absolute Gasteiger partial charge is 0.295 e. The van der Waals surface area contributed by atoms with Crippen LogP contribution in [0.15, 0.2) is 39.5 Å². The van der Waals surface area contributed by atoms with Crippen LogP contribution in [0.25, 0.3) is 22.4 Å². The van der Waals surface area contributed by atoms with E-state index >= 15 is 0 Å². The van der Waals surface area contributed by atoms with E-state index in [1.54, 1.807) is 6.07 Å². The maximum atomic E-state index is 12.1. The Bertz CT molecular complexity index is 829. The summed E-state index contributed by atoms with van der Waals surface area (Å²) in [6.07, 6.45) is 0. The minimum Gasteiger partial charge on any atom is -0.449 e. The maximum absolute atomic E-state index is 12.1. The number of anilines is 1. The quantitative estimate of drug-likeness (QED) is 0.773. The van der Waals surface area contributed by atoms with Gasteiger partial charge in [0, 0.05) is 17.7 Å². The van der Waals surface area contributed by atoms with E-state index in [1.165, 1.54) is 5.56 Å². The Morgan fingerprint density at radius 1 is 1.24 bits per heavy atom. The van der Waals surface area contributed by atoms with Gasteiger partial charge in [0.05, 0.1) is 0 Å². The summed E-state index contributed by atoms with van der Waals surface area (Å²) in [5, 5.41) is 3.09. The van der Waals surface area contributed by atoms with Gasteiger partial charge in [0.2, 0.25) is 11.5 Å². The van der Waals surface area contributed by atoms with Crippen molar-refractivity contribution in [2.75, 3.05) is 5.32 Å². The van der Waals surface area contributed by atoms with Gasteiger partial charge in [-0.2, -0.15) is 0 Å². The Hall–Kier alpha value is -2.56. The minimum atomic E-state index is -0.276. The van der Waals surface area contributed by atoms with E-state index in [4.69, 9.17) is 4.42 Å². The van der Waals surface area contributed by atoms with Crippen LogP contribution in [0.2, 0.25) is 0 Å². The predicted molar refractivity (Wildman–Crippen MR) is 83.6 cm³/mol. The first-order chi connectivity index (χ1) is 10.0. The average Bonchev–Trinajstić information content (AvgIpc) is 2.83. The molecule has 21 heavy (non-hydrogen) atoms. The van der Waals surface area contributed by atoms with Crippen LogP contribution in [0.4, 0.5) is 5.95 Å². The SMILES string of the molecule is Cc1ccc(-c2cc3nc(NC(C)C)[nH]c(=O)c3o2)cc1. The highest BCUT2D eigenvalue weighted by Crippen LogP contribution is 2.25. The number of nitrogens with one attached hydrogen (secondary N) is 2. The summed E-state index contributed by atoms with van der Waals surface area (Å²) in [5.41, 5.74) is 2.63. The van der Waals surface area contributed by atoms with Crippen molar-refractivity contribution >= 4 is 17.0 Å². The number of aromatic nitrogens is 2. The molecule has 0 fully saturated rings. The molecule has 108 valence electrons. The van der Waals surface area contributed by atoms with E-state index in [0.29, 0.717) is 17.2 Å². The second-order valence-electron chi connectivity index (χ2n) is 5.40. The van der Waals surface area contributed by atoms with Crippen LogP contribution in [-0.4, -0.2) is 16.0 Å². The number of hydrogen-bond donors (Lipinski definition) is 2. The highest BCUT2D eigenvalue weighted by Gasteiger charge is 2.12.